The summed E-state index contributed by atoms with van der Waals surface area (Å²) < 4.78 is 16.4. The second-order valence-corrected chi connectivity index (χ2v) is 7.62. The molecule has 0 N–H and O–H groups in total. The monoisotopic (exact) mass is 431 g/mol. The number of ether oxygens (including phenoxy) is 3. The normalized spacial score (nSPS) is 14.9. The number of carbonyl (C=O) groups excluding carboxylic acids is 2. The largest absolute Gasteiger partial charge is 0.489 e. The van der Waals surface area contributed by atoms with Gasteiger partial charge in [-0.2, -0.15) is 0 Å². The maximum absolute atomic E-state index is 12.9. The third kappa shape index (κ3) is 5.09. The first-order chi connectivity index (χ1) is 15.6. The van der Waals surface area contributed by atoms with Crippen LogP contribution in [0.5, 0.6) is 5.75 Å². The van der Waals surface area contributed by atoms with E-state index in [0.29, 0.717) is 18.8 Å². The van der Waals surface area contributed by atoms with Crippen molar-refractivity contribution in [2.45, 2.75) is 32.2 Å². The molecule has 1 aliphatic heterocycles. The van der Waals surface area contributed by atoms with Crippen molar-refractivity contribution in [3.63, 3.8) is 0 Å². The van der Waals surface area contributed by atoms with Crippen LogP contribution in [0, 0.1) is 0 Å². The van der Waals surface area contributed by atoms with E-state index in [4.69, 9.17) is 14.2 Å². The molecule has 164 valence electrons. The number of carbonyl (C=O) groups is 2. The summed E-state index contributed by atoms with van der Waals surface area (Å²) in [6.45, 7) is 0.829. The first-order valence-electron chi connectivity index (χ1n) is 10.5. The van der Waals surface area contributed by atoms with Crippen molar-refractivity contribution in [3.8, 4) is 5.75 Å². The molecule has 4 rings (SSSR count). The molecule has 3 aromatic rings. The van der Waals surface area contributed by atoms with Crippen molar-refractivity contribution in [3.05, 3.63) is 101 Å². The van der Waals surface area contributed by atoms with E-state index in [9.17, 15) is 9.59 Å². The fraction of sp³-hybridized carbons (Fsp3) is 0.231. The molecule has 0 bridgehead atoms. The maximum Gasteiger partial charge on any atom is 0.411 e. The highest BCUT2D eigenvalue weighted by molar-refractivity contribution is 5.82. The molecule has 3 aromatic carbocycles. The molecule has 1 amide bonds. The highest BCUT2D eigenvalue weighted by Crippen LogP contribution is 2.28. The molecule has 32 heavy (non-hydrogen) atoms. The van der Waals surface area contributed by atoms with Crippen molar-refractivity contribution in [2.75, 3.05) is 7.11 Å². The number of amides is 1. The number of nitrogens with zero attached hydrogens (tertiary/aromatic N) is 1. The van der Waals surface area contributed by atoms with E-state index in [1.165, 1.54) is 12.0 Å². The molecule has 0 radical (unpaired) electrons. The van der Waals surface area contributed by atoms with Gasteiger partial charge in [-0.1, -0.05) is 66.7 Å². The van der Waals surface area contributed by atoms with Crippen LogP contribution >= 0.6 is 0 Å². The van der Waals surface area contributed by atoms with Crippen molar-refractivity contribution >= 4 is 12.1 Å². The van der Waals surface area contributed by atoms with Gasteiger partial charge in [0.2, 0.25) is 0 Å². The van der Waals surface area contributed by atoms with Gasteiger partial charge in [-0.25, -0.2) is 9.59 Å². The molecule has 6 nitrogen and oxygen atoms in total. The zero-order valence-electron chi connectivity index (χ0n) is 17.9. The van der Waals surface area contributed by atoms with Gasteiger partial charge in [0.15, 0.2) is 0 Å². The van der Waals surface area contributed by atoms with Gasteiger partial charge in [-0.3, -0.25) is 4.90 Å². The molecule has 1 aliphatic rings. The van der Waals surface area contributed by atoms with Crippen molar-refractivity contribution < 1.29 is 23.8 Å². The van der Waals surface area contributed by atoms with Gasteiger partial charge < -0.3 is 14.2 Å². The van der Waals surface area contributed by atoms with Gasteiger partial charge in [0, 0.05) is 6.42 Å². The SMILES string of the molecule is COC(=O)[C@@H]1Cc2ccc(OCc3ccccc3)cc2CN1C(=O)OCc1ccccc1. The minimum atomic E-state index is -0.730. The predicted molar refractivity (Wildman–Crippen MR) is 119 cm³/mol. The second kappa shape index (κ2) is 10.0. The van der Waals surface area contributed by atoms with Crippen molar-refractivity contribution in [1.29, 1.82) is 0 Å². The lowest BCUT2D eigenvalue weighted by atomic mass is 9.94. The molecule has 0 spiro atoms. The molecule has 0 saturated carbocycles. The second-order valence-electron chi connectivity index (χ2n) is 7.62. The molecule has 1 atom stereocenters. The van der Waals surface area contributed by atoms with E-state index in [1.54, 1.807) is 0 Å². The predicted octanol–water partition coefficient (Wildman–Crippen LogP) is 4.50. The van der Waals surface area contributed by atoms with E-state index < -0.39 is 18.1 Å². The molecule has 1 heterocycles. The van der Waals surface area contributed by atoms with Crippen molar-refractivity contribution in [1.82, 2.24) is 4.90 Å². The Hall–Kier alpha value is -3.80. The van der Waals surface area contributed by atoms with Gasteiger partial charge in [0.1, 0.15) is 25.0 Å². The third-order valence-corrected chi connectivity index (χ3v) is 5.47. The molecule has 0 saturated heterocycles. The van der Waals surface area contributed by atoms with Gasteiger partial charge in [-0.05, 0) is 34.4 Å². The highest BCUT2D eigenvalue weighted by Gasteiger charge is 2.36. The van der Waals surface area contributed by atoms with E-state index in [1.807, 2.05) is 78.9 Å². The summed E-state index contributed by atoms with van der Waals surface area (Å²) in [7, 11) is 1.33. The maximum atomic E-state index is 12.9. The standard InChI is InChI=1S/C26H25NO5/c1-30-25(28)24-15-21-12-13-23(31-17-19-8-4-2-5-9-19)14-22(21)16-27(24)26(29)32-18-20-10-6-3-7-11-20/h2-14,24H,15-18H2,1H3/t24-/m0/s1. The van der Waals surface area contributed by atoms with Gasteiger partial charge in [-0.15, -0.1) is 0 Å². The highest BCUT2D eigenvalue weighted by atomic mass is 16.6. The van der Waals surface area contributed by atoms with E-state index >= 15 is 0 Å². The number of fused-ring (bicyclic) bond motifs is 1. The molecule has 6 heteroatoms. The lowest BCUT2D eigenvalue weighted by Crippen LogP contribution is -2.49. The zero-order chi connectivity index (χ0) is 22.3. The Kier molecular flexibility index (Phi) is 6.70. The summed E-state index contributed by atoms with van der Waals surface area (Å²) in [5.74, 6) is 0.249. The summed E-state index contributed by atoms with van der Waals surface area (Å²) in [5.41, 5.74) is 3.86. The average molecular weight is 431 g/mol. The van der Waals surface area contributed by atoms with Crippen LogP contribution in [0.1, 0.15) is 22.3 Å². The van der Waals surface area contributed by atoms with Gasteiger partial charge in [0.05, 0.1) is 13.7 Å². The van der Waals surface area contributed by atoms with Crippen LogP contribution in [0.15, 0.2) is 78.9 Å². The Morgan fingerprint density at radius 3 is 2.19 bits per heavy atom. The Morgan fingerprint density at radius 1 is 0.875 bits per heavy atom. The first-order valence-corrected chi connectivity index (χ1v) is 10.5. The number of methoxy groups -OCH3 is 1. The summed E-state index contributed by atoms with van der Waals surface area (Å²) in [6.07, 6.45) is -0.188. The Labute approximate surface area is 187 Å². The fourth-order valence-electron chi connectivity index (χ4n) is 3.73. The van der Waals surface area contributed by atoms with Gasteiger partial charge in [0.25, 0.3) is 0 Å². The van der Waals surface area contributed by atoms with Crippen LogP contribution < -0.4 is 4.74 Å². The molecule has 0 unspecified atom stereocenters. The Morgan fingerprint density at radius 2 is 1.53 bits per heavy atom. The number of esters is 1. The number of benzene rings is 3. The lowest BCUT2D eigenvalue weighted by Gasteiger charge is -2.34. The van der Waals surface area contributed by atoms with E-state index in [0.717, 1.165) is 22.3 Å². The Balaban J connectivity index is 1.48. The molecule has 0 aromatic heterocycles. The molecule has 0 fully saturated rings. The minimum absolute atomic E-state index is 0.136. The first kappa shape index (κ1) is 21.4. The summed E-state index contributed by atoms with van der Waals surface area (Å²) >= 11 is 0. The van der Waals surface area contributed by atoms with Crippen LogP contribution in [0.2, 0.25) is 0 Å². The van der Waals surface area contributed by atoms with Crippen LogP contribution in [-0.4, -0.2) is 30.1 Å². The Bertz CT molecular complexity index is 1070. The number of hydrogen-bond donors (Lipinski definition) is 0. The van der Waals surface area contributed by atoms with Crippen molar-refractivity contribution in [2.24, 2.45) is 0 Å². The number of hydrogen-bond acceptors (Lipinski definition) is 5. The lowest BCUT2D eigenvalue weighted by molar-refractivity contribution is -0.147. The summed E-state index contributed by atoms with van der Waals surface area (Å²) in [5, 5.41) is 0. The minimum Gasteiger partial charge on any atom is -0.489 e. The summed E-state index contributed by atoms with van der Waals surface area (Å²) in [6, 6.07) is 24.4. The third-order valence-electron chi connectivity index (χ3n) is 5.47. The quantitative estimate of drug-likeness (QED) is 0.538. The molecule has 0 aliphatic carbocycles. The molecular formula is C26H25NO5. The molecular weight excluding hydrogens is 406 g/mol. The number of rotatable bonds is 6. The van der Waals surface area contributed by atoms with Crippen LogP contribution in [0.4, 0.5) is 4.79 Å². The zero-order valence-corrected chi connectivity index (χ0v) is 17.9. The topological polar surface area (TPSA) is 65.1 Å². The van der Waals surface area contributed by atoms with Crippen LogP contribution in [0.25, 0.3) is 0 Å². The fourth-order valence-corrected chi connectivity index (χ4v) is 3.73. The van der Waals surface area contributed by atoms with Crippen LogP contribution in [0.3, 0.4) is 0 Å². The smallest absolute Gasteiger partial charge is 0.411 e. The van der Waals surface area contributed by atoms with Gasteiger partial charge >= 0.3 is 12.1 Å². The van der Waals surface area contributed by atoms with Crippen LogP contribution in [-0.2, 0) is 40.4 Å². The van der Waals surface area contributed by atoms with E-state index in [-0.39, 0.29) is 13.2 Å². The average Bonchev–Trinajstić information content (AvgIpc) is 2.85. The van der Waals surface area contributed by atoms with E-state index in [2.05, 4.69) is 0 Å². The summed E-state index contributed by atoms with van der Waals surface area (Å²) in [4.78, 5) is 26.7.